The third-order valence-corrected chi connectivity index (χ3v) is 9.20. The van der Waals surface area contributed by atoms with Gasteiger partial charge in [0.2, 0.25) is 0 Å². The summed E-state index contributed by atoms with van der Waals surface area (Å²) in [6.45, 7) is 5.81. The largest absolute Gasteiger partial charge is 0.494 e. The van der Waals surface area contributed by atoms with E-state index in [1.54, 1.807) is 79.2 Å². The Balaban J connectivity index is 1.03. The Morgan fingerprint density at radius 1 is 0.456 bits per heavy atom. The summed E-state index contributed by atoms with van der Waals surface area (Å²) in [5.74, 6) is 1.11. The topological polar surface area (TPSA) is 95.8 Å². The highest BCUT2D eigenvalue weighted by Crippen LogP contribution is 2.23. The first-order chi connectivity index (χ1) is 28.0. The molecule has 0 heterocycles. The number of nitrogens with zero attached hydrogens (tertiary/aromatic N) is 2. The number of benzene rings is 5. The van der Waals surface area contributed by atoms with E-state index in [9.17, 15) is 9.59 Å². The van der Waals surface area contributed by atoms with E-state index in [4.69, 9.17) is 18.9 Å². The summed E-state index contributed by atoms with van der Waals surface area (Å²) < 4.78 is 22.8. The number of ether oxygens (including phenoxy) is 4. The van der Waals surface area contributed by atoms with Crippen molar-refractivity contribution in [3.8, 4) is 23.0 Å². The zero-order valence-corrected chi connectivity index (χ0v) is 33.2. The lowest BCUT2D eigenvalue weighted by Gasteiger charge is -2.08. The van der Waals surface area contributed by atoms with Crippen molar-refractivity contribution in [1.29, 1.82) is 0 Å². The average molecular weight is 767 g/mol. The highest BCUT2D eigenvalue weighted by Gasteiger charge is 2.12. The van der Waals surface area contributed by atoms with Gasteiger partial charge in [-0.3, -0.25) is 9.98 Å². The molecule has 0 spiro atoms. The number of unbranched alkanes of at least 4 members (excludes halogenated alkanes) is 9. The van der Waals surface area contributed by atoms with Gasteiger partial charge in [-0.05, 0) is 109 Å². The summed E-state index contributed by atoms with van der Waals surface area (Å²) in [5, 5.41) is 0. The number of hydrogen-bond acceptors (Lipinski definition) is 8. The molecule has 0 unspecified atom stereocenters. The lowest BCUT2D eigenvalue weighted by Crippen LogP contribution is -2.10. The van der Waals surface area contributed by atoms with Crippen LogP contribution >= 0.6 is 0 Å². The summed E-state index contributed by atoms with van der Waals surface area (Å²) in [6, 6.07) is 35.7. The van der Waals surface area contributed by atoms with Crippen LogP contribution in [0.3, 0.4) is 0 Å². The maximum Gasteiger partial charge on any atom is 0.343 e. The second kappa shape index (κ2) is 23.8. The van der Waals surface area contributed by atoms with Crippen LogP contribution in [0.4, 0.5) is 11.4 Å². The minimum absolute atomic E-state index is 0.253. The van der Waals surface area contributed by atoms with E-state index in [0.717, 1.165) is 59.9 Å². The molecule has 296 valence electrons. The van der Waals surface area contributed by atoms with Gasteiger partial charge in [0.1, 0.15) is 23.0 Å². The van der Waals surface area contributed by atoms with Crippen LogP contribution < -0.4 is 18.9 Å². The average Bonchev–Trinajstić information content (AvgIpc) is 3.24. The molecular formula is C49H54N2O6. The van der Waals surface area contributed by atoms with Crippen molar-refractivity contribution in [3.05, 3.63) is 144 Å². The zero-order valence-electron chi connectivity index (χ0n) is 33.2. The number of esters is 2. The Morgan fingerprint density at radius 3 is 1.30 bits per heavy atom. The lowest BCUT2D eigenvalue weighted by molar-refractivity contribution is 0.0732. The van der Waals surface area contributed by atoms with E-state index in [0.29, 0.717) is 17.7 Å². The standard InChI is InChI=1S/C49H54N2O6/c1-3-5-7-8-9-10-11-12-13-34-55-45-31-27-43(28-32-45)51-37-39-19-23-41(24-20-39)49(53)57-47-16-14-15-46(35-47)56-48(52)40-21-17-38(18-22-40)36-50-42-25-29-44(30-26-42)54-33-6-4-2/h14-32,35-37H,3-13,33-34H2,1-2H3. The fourth-order valence-corrected chi connectivity index (χ4v) is 5.84. The summed E-state index contributed by atoms with van der Waals surface area (Å²) in [7, 11) is 0. The predicted octanol–water partition coefficient (Wildman–Crippen LogP) is 12.7. The number of carbonyl (C=O) groups is 2. The third kappa shape index (κ3) is 15.2. The molecule has 0 fully saturated rings. The summed E-state index contributed by atoms with van der Waals surface area (Å²) in [4.78, 5) is 34.9. The fourth-order valence-electron chi connectivity index (χ4n) is 5.84. The summed E-state index contributed by atoms with van der Waals surface area (Å²) in [6.07, 6.45) is 17.2. The van der Waals surface area contributed by atoms with E-state index in [2.05, 4.69) is 23.8 Å². The van der Waals surface area contributed by atoms with Gasteiger partial charge in [-0.2, -0.15) is 0 Å². The Bertz CT molecular complexity index is 2000. The van der Waals surface area contributed by atoms with Crippen LogP contribution in [0.1, 0.15) is 116 Å². The normalized spacial score (nSPS) is 11.2. The molecule has 0 aliphatic carbocycles. The van der Waals surface area contributed by atoms with Gasteiger partial charge in [0.15, 0.2) is 0 Å². The van der Waals surface area contributed by atoms with Crippen molar-refractivity contribution in [2.75, 3.05) is 13.2 Å². The van der Waals surface area contributed by atoms with Gasteiger partial charge >= 0.3 is 11.9 Å². The Kier molecular flexibility index (Phi) is 17.6. The van der Waals surface area contributed by atoms with Crippen molar-refractivity contribution in [2.45, 2.75) is 84.5 Å². The van der Waals surface area contributed by atoms with Gasteiger partial charge in [-0.1, -0.05) is 102 Å². The smallest absolute Gasteiger partial charge is 0.343 e. The molecule has 5 rings (SSSR count). The van der Waals surface area contributed by atoms with Crippen LogP contribution in [0, 0.1) is 0 Å². The monoisotopic (exact) mass is 766 g/mol. The first kappa shape index (κ1) is 42.1. The molecule has 0 atom stereocenters. The van der Waals surface area contributed by atoms with Crippen molar-refractivity contribution in [3.63, 3.8) is 0 Å². The van der Waals surface area contributed by atoms with Crippen molar-refractivity contribution in [1.82, 2.24) is 0 Å². The van der Waals surface area contributed by atoms with Gasteiger partial charge in [0.05, 0.1) is 35.7 Å². The van der Waals surface area contributed by atoms with Crippen LogP contribution in [0.5, 0.6) is 23.0 Å². The molecule has 0 radical (unpaired) electrons. The van der Waals surface area contributed by atoms with E-state index >= 15 is 0 Å². The van der Waals surface area contributed by atoms with Gasteiger partial charge < -0.3 is 18.9 Å². The summed E-state index contributed by atoms with van der Waals surface area (Å²) >= 11 is 0. The minimum Gasteiger partial charge on any atom is -0.494 e. The quantitative estimate of drug-likeness (QED) is 0.0284. The Labute approximate surface area is 337 Å². The molecule has 0 aromatic heterocycles. The maximum atomic E-state index is 12.9. The van der Waals surface area contributed by atoms with Crippen molar-refractivity contribution >= 4 is 35.7 Å². The molecule has 0 aliphatic heterocycles. The fraction of sp³-hybridized carbons (Fsp3) is 0.306. The first-order valence-corrected chi connectivity index (χ1v) is 20.3. The highest BCUT2D eigenvalue weighted by molar-refractivity contribution is 5.93. The molecule has 0 saturated carbocycles. The second-order valence-electron chi connectivity index (χ2n) is 13.9. The Morgan fingerprint density at radius 2 is 0.860 bits per heavy atom. The molecule has 5 aromatic carbocycles. The van der Waals surface area contributed by atoms with Gasteiger partial charge in [0.25, 0.3) is 0 Å². The van der Waals surface area contributed by atoms with Crippen LogP contribution in [-0.4, -0.2) is 37.6 Å². The van der Waals surface area contributed by atoms with Gasteiger partial charge in [-0.15, -0.1) is 0 Å². The van der Waals surface area contributed by atoms with E-state index in [1.807, 2.05) is 48.5 Å². The van der Waals surface area contributed by atoms with Crippen LogP contribution in [-0.2, 0) is 0 Å². The van der Waals surface area contributed by atoms with E-state index in [-0.39, 0.29) is 11.5 Å². The van der Waals surface area contributed by atoms with E-state index < -0.39 is 11.9 Å². The molecule has 0 N–H and O–H groups in total. The SMILES string of the molecule is CCCCCCCCCCCOc1ccc(N=Cc2ccc(C(=O)Oc3cccc(OC(=O)c4ccc(C=Nc5ccc(OCCCC)cc5)cc4)c3)cc2)cc1. The molecule has 57 heavy (non-hydrogen) atoms. The van der Waals surface area contributed by atoms with Gasteiger partial charge in [-0.25, -0.2) is 9.59 Å². The van der Waals surface area contributed by atoms with Gasteiger partial charge in [0, 0.05) is 18.5 Å². The highest BCUT2D eigenvalue weighted by atomic mass is 16.5. The van der Waals surface area contributed by atoms with E-state index in [1.165, 1.54) is 57.4 Å². The van der Waals surface area contributed by atoms with Crippen LogP contribution in [0.2, 0.25) is 0 Å². The first-order valence-electron chi connectivity index (χ1n) is 20.3. The minimum atomic E-state index is -0.536. The number of aliphatic imine (C=N–C) groups is 2. The van der Waals surface area contributed by atoms with Crippen molar-refractivity contribution in [2.24, 2.45) is 9.98 Å². The molecule has 5 aromatic rings. The molecular weight excluding hydrogens is 713 g/mol. The number of rotatable bonds is 23. The van der Waals surface area contributed by atoms with Crippen LogP contribution in [0.25, 0.3) is 0 Å². The molecule has 0 bridgehead atoms. The zero-order chi connectivity index (χ0) is 39.9. The molecule has 0 amide bonds. The molecule has 8 nitrogen and oxygen atoms in total. The van der Waals surface area contributed by atoms with Crippen LogP contribution in [0.15, 0.2) is 131 Å². The lowest BCUT2D eigenvalue weighted by atomic mass is 10.1. The second-order valence-corrected chi connectivity index (χ2v) is 13.9. The number of hydrogen-bond donors (Lipinski definition) is 0. The predicted molar refractivity (Wildman–Crippen MR) is 230 cm³/mol. The Hall–Kier alpha value is -6.02. The molecule has 0 aliphatic rings. The molecule has 8 heteroatoms. The molecule has 0 saturated heterocycles. The number of carbonyl (C=O) groups excluding carboxylic acids is 2. The maximum absolute atomic E-state index is 12.9. The third-order valence-electron chi connectivity index (χ3n) is 9.20. The summed E-state index contributed by atoms with van der Waals surface area (Å²) in [5.41, 5.74) is 4.02. The van der Waals surface area contributed by atoms with Crippen molar-refractivity contribution < 1.29 is 28.5 Å².